The first kappa shape index (κ1) is 14.8. The molecule has 22 heavy (non-hydrogen) atoms. The molecule has 3 rings (SSSR count). The summed E-state index contributed by atoms with van der Waals surface area (Å²) in [5.74, 6) is 0.781. The van der Waals surface area contributed by atoms with Gasteiger partial charge in [0.2, 0.25) is 11.3 Å². The van der Waals surface area contributed by atoms with Gasteiger partial charge in [0, 0.05) is 48.6 Å². The summed E-state index contributed by atoms with van der Waals surface area (Å²) in [6, 6.07) is 5.57. The van der Waals surface area contributed by atoms with Crippen LogP contribution in [0.4, 0.5) is 5.69 Å². The lowest BCUT2D eigenvalue weighted by Gasteiger charge is -2.35. The minimum Gasteiger partial charge on any atom is -0.497 e. The van der Waals surface area contributed by atoms with Crippen LogP contribution in [0.5, 0.6) is 5.75 Å². The summed E-state index contributed by atoms with van der Waals surface area (Å²) in [4.78, 5) is 28.0. The van der Waals surface area contributed by atoms with Crippen molar-refractivity contribution >= 4 is 33.0 Å². The number of ether oxygens (including phenoxy) is 1. The number of nitrogens with zero attached hydrogens (tertiary/aromatic N) is 2. The van der Waals surface area contributed by atoms with Gasteiger partial charge >= 0.3 is 0 Å². The Morgan fingerprint density at radius 2 is 1.95 bits per heavy atom. The number of fused-ring (bicyclic) bond motifs is 1. The van der Waals surface area contributed by atoms with Gasteiger partial charge in [-0.1, -0.05) is 0 Å². The first-order valence-corrected chi connectivity index (χ1v) is 8.08. The maximum atomic E-state index is 12.7. The molecule has 116 valence electrons. The predicted octanol–water partition coefficient (Wildman–Crippen LogP) is 1.94. The third-order valence-corrected chi connectivity index (χ3v) is 4.98. The Hall–Kier alpha value is -2.08. The van der Waals surface area contributed by atoms with Crippen LogP contribution in [-0.4, -0.2) is 44.1 Å². The highest BCUT2D eigenvalue weighted by Crippen LogP contribution is 2.25. The molecule has 1 saturated heterocycles. The summed E-state index contributed by atoms with van der Waals surface area (Å²) >= 11 is 1.56. The number of benzene rings is 1. The quantitative estimate of drug-likeness (QED) is 0.849. The van der Waals surface area contributed by atoms with Crippen LogP contribution in [0.3, 0.4) is 0 Å². The molecule has 0 saturated carbocycles. The molecule has 1 aliphatic rings. The molecular weight excluding hydrogens is 300 g/mol. The Morgan fingerprint density at radius 1 is 1.23 bits per heavy atom. The minimum absolute atomic E-state index is 0.0314. The molecule has 2 heterocycles. The average molecular weight is 318 g/mol. The molecule has 0 radical (unpaired) electrons. The van der Waals surface area contributed by atoms with Gasteiger partial charge < -0.3 is 14.5 Å². The van der Waals surface area contributed by atoms with Gasteiger partial charge in [0.1, 0.15) is 5.75 Å². The number of amides is 1. The van der Waals surface area contributed by atoms with Crippen molar-refractivity contribution in [1.82, 2.24) is 4.90 Å². The fourth-order valence-electron chi connectivity index (χ4n) is 2.71. The largest absolute Gasteiger partial charge is 0.497 e. The van der Waals surface area contributed by atoms with Crippen molar-refractivity contribution in [3.63, 3.8) is 0 Å². The third-order valence-electron chi connectivity index (χ3n) is 4.03. The second-order valence-electron chi connectivity index (χ2n) is 5.31. The van der Waals surface area contributed by atoms with Gasteiger partial charge in [-0.05, 0) is 18.2 Å². The van der Waals surface area contributed by atoms with Crippen molar-refractivity contribution < 1.29 is 9.53 Å². The average Bonchev–Trinajstić information content (AvgIpc) is 2.55. The molecule has 0 unspecified atom stereocenters. The molecule has 1 aromatic carbocycles. The standard InChI is InChI=1S/C16H18N2O3S/c1-11(19)17-5-7-18(8-6-17)14-10-22-15-4-3-12(21-2)9-13(15)16(14)20/h3-4,9-10H,5-8H2,1-2H3. The number of carbonyl (C=O) groups is 1. The number of methoxy groups -OCH3 is 1. The lowest BCUT2D eigenvalue weighted by Crippen LogP contribution is -2.49. The maximum Gasteiger partial charge on any atom is 0.219 e. The van der Waals surface area contributed by atoms with Crippen molar-refractivity contribution in [3.8, 4) is 5.75 Å². The van der Waals surface area contributed by atoms with Gasteiger partial charge in [0.25, 0.3) is 0 Å². The summed E-state index contributed by atoms with van der Waals surface area (Å²) in [5.41, 5.74) is 0.748. The summed E-state index contributed by atoms with van der Waals surface area (Å²) in [6.45, 7) is 4.29. The summed E-state index contributed by atoms with van der Waals surface area (Å²) < 4.78 is 6.17. The minimum atomic E-state index is 0.0314. The molecule has 6 heteroatoms. The first-order chi connectivity index (χ1) is 10.6. The van der Waals surface area contributed by atoms with Crippen molar-refractivity contribution in [1.29, 1.82) is 0 Å². The van der Waals surface area contributed by atoms with Gasteiger partial charge in [0.05, 0.1) is 12.8 Å². The molecule has 2 aromatic rings. The van der Waals surface area contributed by atoms with Crippen molar-refractivity contribution in [2.75, 3.05) is 38.2 Å². The fraction of sp³-hybridized carbons (Fsp3) is 0.375. The number of piperazine rings is 1. The molecule has 5 nitrogen and oxygen atoms in total. The molecule has 0 bridgehead atoms. The highest BCUT2D eigenvalue weighted by atomic mass is 32.1. The lowest BCUT2D eigenvalue weighted by molar-refractivity contribution is -0.129. The summed E-state index contributed by atoms with van der Waals surface area (Å²) in [7, 11) is 1.60. The second kappa shape index (κ2) is 5.96. The van der Waals surface area contributed by atoms with E-state index in [9.17, 15) is 9.59 Å². The van der Waals surface area contributed by atoms with E-state index in [-0.39, 0.29) is 11.3 Å². The number of anilines is 1. The van der Waals surface area contributed by atoms with Crippen LogP contribution in [-0.2, 0) is 4.79 Å². The zero-order chi connectivity index (χ0) is 15.7. The Kier molecular flexibility index (Phi) is 4.02. The first-order valence-electron chi connectivity index (χ1n) is 7.20. The second-order valence-corrected chi connectivity index (χ2v) is 6.22. The molecule has 1 fully saturated rings. The number of rotatable bonds is 2. The monoisotopic (exact) mass is 318 g/mol. The molecule has 0 N–H and O–H groups in total. The van der Waals surface area contributed by atoms with Gasteiger partial charge in [-0.15, -0.1) is 11.3 Å². The summed E-state index contributed by atoms with van der Waals surface area (Å²) in [5, 5.41) is 2.61. The zero-order valence-corrected chi connectivity index (χ0v) is 13.5. The van der Waals surface area contributed by atoms with E-state index in [1.54, 1.807) is 31.4 Å². The van der Waals surface area contributed by atoms with E-state index >= 15 is 0 Å². The molecule has 1 aliphatic heterocycles. The van der Waals surface area contributed by atoms with E-state index in [0.717, 1.165) is 4.70 Å². The Morgan fingerprint density at radius 3 is 2.59 bits per heavy atom. The lowest BCUT2D eigenvalue weighted by atomic mass is 10.2. The van der Waals surface area contributed by atoms with Crippen LogP contribution in [0.2, 0.25) is 0 Å². The van der Waals surface area contributed by atoms with E-state index in [1.807, 2.05) is 22.4 Å². The maximum absolute atomic E-state index is 12.7. The number of hydrogen-bond acceptors (Lipinski definition) is 5. The number of carbonyl (C=O) groups excluding carboxylic acids is 1. The Balaban J connectivity index is 1.93. The normalized spacial score (nSPS) is 15.2. The van der Waals surface area contributed by atoms with Crippen molar-refractivity contribution in [3.05, 3.63) is 33.8 Å². The van der Waals surface area contributed by atoms with Crippen LogP contribution in [0.1, 0.15) is 6.92 Å². The topological polar surface area (TPSA) is 49.9 Å². The molecule has 0 spiro atoms. The van der Waals surface area contributed by atoms with E-state index in [2.05, 4.69) is 4.90 Å². The van der Waals surface area contributed by atoms with E-state index < -0.39 is 0 Å². The zero-order valence-electron chi connectivity index (χ0n) is 12.7. The van der Waals surface area contributed by atoms with Crippen molar-refractivity contribution in [2.24, 2.45) is 0 Å². The van der Waals surface area contributed by atoms with Crippen LogP contribution >= 0.6 is 11.3 Å². The summed E-state index contributed by atoms with van der Waals surface area (Å²) in [6.07, 6.45) is 0. The molecule has 1 amide bonds. The molecule has 0 aliphatic carbocycles. The molecule has 1 aromatic heterocycles. The van der Waals surface area contributed by atoms with Gasteiger partial charge in [-0.3, -0.25) is 9.59 Å². The highest BCUT2D eigenvalue weighted by molar-refractivity contribution is 7.16. The fourth-order valence-corrected chi connectivity index (χ4v) is 3.63. The molecular formula is C16H18N2O3S. The highest BCUT2D eigenvalue weighted by Gasteiger charge is 2.21. The van der Waals surface area contributed by atoms with E-state index in [0.29, 0.717) is 43.0 Å². The predicted molar refractivity (Wildman–Crippen MR) is 89.1 cm³/mol. The van der Waals surface area contributed by atoms with Crippen LogP contribution < -0.4 is 15.1 Å². The SMILES string of the molecule is COc1ccc2scc(N3CCN(C(C)=O)CC3)c(=O)c2c1. The number of hydrogen-bond donors (Lipinski definition) is 0. The Labute approximate surface area is 132 Å². The van der Waals surface area contributed by atoms with Gasteiger partial charge in [0.15, 0.2) is 0 Å². The van der Waals surface area contributed by atoms with Crippen molar-refractivity contribution in [2.45, 2.75) is 6.92 Å². The van der Waals surface area contributed by atoms with Gasteiger partial charge in [-0.2, -0.15) is 0 Å². The van der Waals surface area contributed by atoms with Crippen LogP contribution in [0, 0.1) is 0 Å². The smallest absolute Gasteiger partial charge is 0.219 e. The van der Waals surface area contributed by atoms with Crippen LogP contribution in [0.25, 0.3) is 10.1 Å². The third kappa shape index (κ3) is 2.66. The Bertz CT molecular complexity index is 764. The van der Waals surface area contributed by atoms with Gasteiger partial charge in [-0.25, -0.2) is 0 Å². The van der Waals surface area contributed by atoms with Crippen LogP contribution in [0.15, 0.2) is 28.4 Å². The van der Waals surface area contributed by atoms with E-state index in [1.165, 1.54) is 0 Å². The van der Waals surface area contributed by atoms with E-state index in [4.69, 9.17) is 4.74 Å². The molecule has 0 atom stereocenters.